The molecule has 1 heterocycles. The first-order valence-electron chi connectivity index (χ1n) is 8.98. The molecule has 0 unspecified atom stereocenters. The van der Waals surface area contributed by atoms with Crippen molar-refractivity contribution < 1.29 is 14.3 Å². The fraction of sp³-hybridized carbons (Fsp3) is 0.318. The van der Waals surface area contributed by atoms with E-state index in [2.05, 4.69) is 16.4 Å². The Morgan fingerprint density at radius 2 is 1.74 bits per heavy atom. The quantitative estimate of drug-likeness (QED) is 0.560. The van der Waals surface area contributed by atoms with Gasteiger partial charge in [0.25, 0.3) is 5.91 Å². The number of aryl methyl sites for hydroxylation is 1. The van der Waals surface area contributed by atoms with Crippen LogP contribution in [0.1, 0.15) is 43.9 Å². The van der Waals surface area contributed by atoms with Crippen molar-refractivity contribution >= 4 is 33.4 Å². The molecule has 1 atom stereocenters. The van der Waals surface area contributed by atoms with Crippen molar-refractivity contribution in [2.45, 2.75) is 46.3 Å². The standard InChI is InChI=1S/C22H24N2O3/c1-13-16-11-10-15-8-6-7-9-17(15)18(16)12-19(23-13)20(25)24-14(2)21(26)27-22(3,4)5/h6-12,14H,1-5H3,(H,24,25)/t14-/m0/s1. The topological polar surface area (TPSA) is 68.3 Å². The lowest BCUT2D eigenvalue weighted by molar-refractivity contribution is -0.156. The zero-order valence-electron chi connectivity index (χ0n) is 16.3. The van der Waals surface area contributed by atoms with Crippen molar-refractivity contribution in [1.29, 1.82) is 0 Å². The molecule has 3 rings (SSSR count). The van der Waals surface area contributed by atoms with Crippen LogP contribution >= 0.6 is 0 Å². The Morgan fingerprint density at radius 3 is 2.44 bits per heavy atom. The normalized spacial score (nSPS) is 12.8. The number of nitrogens with zero attached hydrogens (tertiary/aromatic N) is 1. The Kier molecular flexibility index (Phi) is 4.87. The number of hydrogen-bond donors (Lipinski definition) is 1. The first-order chi connectivity index (χ1) is 12.7. The van der Waals surface area contributed by atoms with E-state index < -0.39 is 23.5 Å². The van der Waals surface area contributed by atoms with Crippen LogP contribution in [0.2, 0.25) is 0 Å². The van der Waals surface area contributed by atoms with Gasteiger partial charge in [0.1, 0.15) is 17.3 Å². The van der Waals surface area contributed by atoms with Crippen LogP contribution in [0.5, 0.6) is 0 Å². The van der Waals surface area contributed by atoms with Crippen molar-refractivity contribution in [2.24, 2.45) is 0 Å². The van der Waals surface area contributed by atoms with E-state index in [9.17, 15) is 9.59 Å². The third kappa shape index (κ3) is 4.08. The van der Waals surface area contributed by atoms with Gasteiger partial charge in [0.15, 0.2) is 0 Å². The summed E-state index contributed by atoms with van der Waals surface area (Å²) in [6, 6.07) is 13.1. The van der Waals surface area contributed by atoms with Gasteiger partial charge >= 0.3 is 5.97 Å². The third-order valence-corrected chi connectivity index (χ3v) is 4.27. The van der Waals surface area contributed by atoms with Crippen molar-refractivity contribution in [2.75, 3.05) is 0 Å². The highest BCUT2D eigenvalue weighted by Gasteiger charge is 2.24. The monoisotopic (exact) mass is 364 g/mol. The summed E-state index contributed by atoms with van der Waals surface area (Å²) < 4.78 is 5.31. The molecule has 1 aromatic heterocycles. The minimum absolute atomic E-state index is 0.284. The number of fused-ring (bicyclic) bond motifs is 3. The van der Waals surface area contributed by atoms with Crippen molar-refractivity contribution in [1.82, 2.24) is 10.3 Å². The predicted molar refractivity (Wildman–Crippen MR) is 107 cm³/mol. The number of esters is 1. The van der Waals surface area contributed by atoms with Crippen molar-refractivity contribution in [3.8, 4) is 0 Å². The molecule has 0 aliphatic heterocycles. The second kappa shape index (κ2) is 6.99. The highest BCUT2D eigenvalue weighted by molar-refractivity contribution is 6.10. The lowest BCUT2D eigenvalue weighted by Crippen LogP contribution is -2.42. The Bertz CT molecular complexity index is 1030. The largest absolute Gasteiger partial charge is 0.458 e. The van der Waals surface area contributed by atoms with Crippen LogP contribution in [0.15, 0.2) is 42.5 Å². The van der Waals surface area contributed by atoms with Crippen LogP contribution < -0.4 is 5.32 Å². The van der Waals surface area contributed by atoms with Gasteiger partial charge in [0.2, 0.25) is 0 Å². The fourth-order valence-electron chi connectivity index (χ4n) is 3.01. The summed E-state index contributed by atoms with van der Waals surface area (Å²) in [6.45, 7) is 8.86. The Morgan fingerprint density at radius 1 is 1.04 bits per heavy atom. The Balaban J connectivity index is 1.93. The molecule has 0 saturated heterocycles. The van der Waals surface area contributed by atoms with Gasteiger partial charge in [-0.2, -0.15) is 0 Å². The zero-order valence-corrected chi connectivity index (χ0v) is 16.3. The molecule has 0 spiro atoms. The van der Waals surface area contributed by atoms with Crippen LogP contribution in [-0.4, -0.2) is 28.5 Å². The van der Waals surface area contributed by atoms with E-state index in [1.54, 1.807) is 33.8 Å². The molecular formula is C22H24N2O3. The molecule has 5 heteroatoms. The third-order valence-electron chi connectivity index (χ3n) is 4.27. The number of ether oxygens (including phenoxy) is 1. The predicted octanol–water partition coefficient (Wildman–Crippen LogP) is 4.16. The van der Waals surface area contributed by atoms with E-state index in [1.165, 1.54) is 0 Å². The van der Waals surface area contributed by atoms with Gasteiger partial charge in [-0.1, -0.05) is 36.4 Å². The molecule has 2 aromatic carbocycles. The highest BCUT2D eigenvalue weighted by Crippen LogP contribution is 2.27. The summed E-state index contributed by atoms with van der Waals surface area (Å²) in [5, 5.41) is 6.82. The van der Waals surface area contributed by atoms with E-state index in [0.717, 1.165) is 27.2 Å². The molecule has 0 radical (unpaired) electrons. The maximum Gasteiger partial charge on any atom is 0.328 e. The van der Waals surface area contributed by atoms with E-state index in [0.29, 0.717) is 0 Å². The van der Waals surface area contributed by atoms with Crippen LogP contribution in [0.3, 0.4) is 0 Å². The molecule has 0 bridgehead atoms. The molecule has 5 nitrogen and oxygen atoms in total. The number of pyridine rings is 1. The molecule has 140 valence electrons. The maximum absolute atomic E-state index is 12.7. The summed E-state index contributed by atoms with van der Waals surface area (Å²) in [6.07, 6.45) is 0. The number of aromatic nitrogens is 1. The smallest absolute Gasteiger partial charge is 0.328 e. The lowest BCUT2D eigenvalue weighted by Gasteiger charge is -2.22. The number of amides is 1. The number of carbonyl (C=O) groups excluding carboxylic acids is 2. The second-order valence-electron chi connectivity index (χ2n) is 7.70. The maximum atomic E-state index is 12.7. The Hall–Kier alpha value is -2.95. The lowest BCUT2D eigenvalue weighted by atomic mass is 10.0. The first-order valence-corrected chi connectivity index (χ1v) is 8.98. The van der Waals surface area contributed by atoms with E-state index in [1.807, 2.05) is 37.3 Å². The molecular weight excluding hydrogens is 340 g/mol. The van der Waals surface area contributed by atoms with Gasteiger partial charge in [-0.3, -0.25) is 4.79 Å². The number of carbonyl (C=O) groups is 2. The molecule has 27 heavy (non-hydrogen) atoms. The molecule has 0 fully saturated rings. The van der Waals surface area contributed by atoms with Gasteiger partial charge in [-0.05, 0) is 56.8 Å². The first kappa shape index (κ1) is 18.8. The van der Waals surface area contributed by atoms with Crippen LogP contribution in [-0.2, 0) is 9.53 Å². The number of nitrogens with one attached hydrogen (secondary N) is 1. The molecule has 0 aliphatic carbocycles. The van der Waals surface area contributed by atoms with E-state index in [4.69, 9.17) is 4.74 Å². The van der Waals surface area contributed by atoms with Gasteiger partial charge < -0.3 is 10.1 Å². The molecule has 3 aromatic rings. The SMILES string of the molecule is Cc1nc(C(=O)N[C@@H](C)C(=O)OC(C)(C)C)cc2c1ccc1ccccc12. The summed E-state index contributed by atoms with van der Waals surface area (Å²) in [5.74, 6) is -0.870. The van der Waals surface area contributed by atoms with Crippen molar-refractivity contribution in [3.05, 3.63) is 53.9 Å². The minimum atomic E-state index is -0.762. The zero-order chi connectivity index (χ0) is 19.8. The number of benzene rings is 2. The minimum Gasteiger partial charge on any atom is -0.458 e. The molecule has 1 N–H and O–H groups in total. The second-order valence-corrected chi connectivity index (χ2v) is 7.70. The fourth-order valence-corrected chi connectivity index (χ4v) is 3.01. The summed E-state index contributed by atoms with van der Waals surface area (Å²) >= 11 is 0. The van der Waals surface area contributed by atoms with Gasteiger partial charge in [0, 0.05) is 11.1 Å². The summed E-state index contributed by atoms with van der Waals surface area (Å²) in [4.78, 5) is 29.2. The highest BCUT2D eigenvalue weighted by atomic mass is 16.6. The van der Waals surface area contributed by atoms with Crippen LogP contribution in [0.25, 0.3) is 21.5 Å². The van der Waals surface area contributed by atoms with Gasteiger partial charge in [-0.15, -0.1) is 0 Å². The molecule has 1 amide bonds. The average molecular weight is 364 g/mol. The number of hydrogen-bond acceptors (Lipinski definition) is 4. The van der Waals surface area contributed by atoms with E-state index in [-0.39, 0.29) is 5.69 Å². The van der Waals surface area contributed by atoms with Crippen LogP contribution in [0.4, 0.5) is 0 Å². The number of rotatable bonds is 3. The average Bonchev–Trinajstić information content (AvgIpc) is 2.59. The van der Waals surface area contributed by atoms with Gasteiger partial charge in [-0.25, -0.2) is 9.78 Å². The molecule has 0 saturated carbocycles. The van der Waals surface area contributed by atoms with Crippen LogP contribution in [0, 0.1) is 6.92 Å². The summed E-state index contributed by atoms with van der Waals surface area (Å²) in [5.41, 5.74) is 0.451. The van der Waals surface area contributed by atoms with Crippen molar-refractivity contribution in [3.63, 3.8) is 0 Å². The molecule has 0 aliphatic rings. The van der Waals surface area contributed by atoms with Gasteiger partial charge in [0.05, 0.1) is 0 Å². The Labute approximate surface area is 158 Å². The summed E-state index contributed by atoms with van der Waals surface area (Å²) in [7, 11) is 0. The van der Waals surface area contributed by atoms with E-state index >= 15 is 0 Å².